The molecule has 2 aromatic carbocycles. The fourth-order valence-electron chi connectivity index (χ4n) is 2.32. The van der Waals surface area contributed by atoms with Gasteiger partial charge in [0.25, 0.3) is 11.8 Å². The standard InChI is InChI=1S/C21H25BrN2O3/c1-4-11-27-19-10-9-16(13-18(19)22)21(26)24-17-8-6-7-15(12-17)20(25)23-14(3)5-2/h6-10,12-14H,4-5,11H2,1-3H3,(H,23,25)(H,24,26). The smallest absolute Gasteiger partial charge is 0.255 e. The van der Waals surface area contributed by atoms with Crippen LogP contribution in [0.3, 0.4) is 0 Å². The summed E-state index contributed by atoms with van der Waals surface area (Å²) in [5, 5.41) is 5.75. The SMILES string of the molecule is CCCOc1ccc(C(=O)Nc2cccc(C(=O)NC(C)CC)c2)cc1Br. The molecular weight excluding hydrogens is 408 g/mol. The summed E-state index contributed by atoms with van der Waals surface area (Å²) in [5.41, 5.74) is 1.58. The minimum Gasteiger partial charge on any atom is -0.492 e. The highest BCUT2D eigenvalue weighted by Gasteiger charge is 2.12. The average molecular weight is 433 g/mol. The van der Waals surface area contributed by atoms with E-state index < -0.39 is 0 Å². The van der Waals surface area contributed by atoms with Gasteiger partial charge >= 0.3 is 0 Å². The fraction of sp³-hybridized carbons (Fsp3) is 0.333. The normalized spacial score (nSPS) is 11.6. The van der Waals surface area contributed by atoms with Crippen LogP contribution in [0.5, 0.6) is 5.75 Å². The predicted octanol–water partition coefficient (Wildman–Crippen LogP) is 5.02. The van der Waals surface area contributed by atoms with Crippen molar-refractivity contribution < 1.29 is 14.3 Å². The molecule has 2 aromatic rings. The molecule has 27 heavy (non-hydrogen) atoms. The summed E-state index contributed by atoms with van der Waals surface area (Å²) in [7, 11) is 0. The fourth-order valence-corrected chi connectivity index (χ4v) is 2.82. The van der Waals surface area contributed by atoms with Crippen LogP contribution in [0.15, 0.2) is 46.9 Å². The molecule has 0 fully saturated rings. The topological polar surface area (TPSA) is 67.4 Å². The van der Waals surface area contributed by atoms with E-state index in [1.165, 1.54) is 0 Å². The maximum Gasteiger partial charge on any atom is 0.255 e. The van der Waals surface area contributed by atoms with Crippen molar-refractivity contribution in [3.8, 4) is 5.75 Å². The van der Waals surface area contributed by atoms with E-state index in [2.05, 4.69) is 26.6 Å². The summed E-state index contributed by atoms with van der Waals surface area (Å²) < 4.78 is 6.33. The van der Waals surface area contributed by atoms with Crippen molar-refractivity contribution in [1.29, 1.82) is 0 Å². The number of anilines is 1. The zero-order valence-corrected chi connectivity index (χ0v) is 17.4. The van der Waals surface area contributed by atoms with E-state index in [9.17, 15) is 9.59 Å². The van der Waals surface area contributed by atoms with E-state index in [1.807, 2.05) is 20.8 Å². The molecule has 0 aliphatic carbocycles. The maximum absolute atomic E-state index is 12.5. The molecule has 1 atom stereocenters. The average Bonchev–Trinajstić information content (AvgIpc) is 2.67. The van der Waals surface area contributed by atoms with Gasteiger partial charge in [0.05, 0.1) is 11.1 Å². The molecule has 0 heterocycles. The molecule has 2 N–H and O–H groups in total. The van der Waals surface area contributed by atoms with Crippen LogP contribution in [0.25, 0.3) is 0 Å². The van der Waals surface area contributed by atoms with Gasteiger partial charge in [0, 0.05) is 22.9 Å². The molecule has 144 valence electrons. The Morgan fingerprint density at radius 3 is 2.48 bits per heavy atom. The lowest BCUT2D eigenvalue weighted by atomic mass is 10.1. The first kappa shape index (κ1) is 21.0. The summed E-state index contributed by atoms with van der Waals surface area (Å²) in [6.07, 6.45) is 1.77. The number of carbonyl (C=O) groups excluding carboxylic acids is 2. The second-order valence-electron chi connectivity index (χ2n) is 6.31. The van der Waals surface area contributed by atoms with Crippen molar-refractivity contribution in [3.63, 3.8) is 0 Å². The number of ether oxygens (including phenoxy) is 1. The third-order valence-corrected chi connectivity index (χ3v) is 4.65. The predicted molar refractivity (Wildman–Crippen MR) is 112 cm³/mol. The van der Waals surface area contributed by atoms with Crippen LogP contribution >= 0.6 is 15.9 Å². The third kappa shape index (κ3) is 6.10. The highest BCUT2D eigenvalue weighted by Crippen LogP contribution is 2.26. The number of rotatable bonds is 8. The lowest BCUT2D eigenvalue weighted by Gasteiger charge is -2.12. The van der Waals surface area contributed by atoms with E-state index >= 15 is 0 Å². The highest BCUT2D eigenvalue weighted by molar-refractivity contribution is 9.10. The Morgan fingerprint density at radius 1 is 1.07 bits per heavy atom. The first-order chi connectivity index (χ1) is 12.9. The van der Waals surface area contributed by atoms with E-state index in [0.29, 0.717) is 29.2 Å². The summed E-state index contributed by atoms with van der Waals surface area (Å²) in [6.45, 7) is 6.62. The first-order valence-corrected chi connectivity index (χ1v) is 9.88. The number of halogens is 1. The summed E-state index contributed by atoms with van der Waals surface area (Å²) in [4.78, 5) is 24.8. The van der Waals surface area contributed by atoms with Crippen LogP contribution in [-0.4, -0.2) is 24.5 Å². The molecule has 2 rings (SSSR count). The number of hydrogen-bond acceptors (Lipinski definition) is 3. The molecule has 5 nitrogen and oxygen atoms in total. The number of amides is 2. The molecule has 0 aliphatic heterocycles. The lowest BCUT2D eigenvalue weighted by Crippen LogP contribution is -2.31. The first-order valence-electron chi connectivity index (χ1n) is 9.09. The van der Waals surface area contributed by atoms with Crippen molar-refractivity contribution in [2.75, 3.05) is 11.9 Å². The number of carbonyl (C=O) groups is 2. The Hall–Kier alpha value is -2.34. The van der Waals surface area contributed by atoms with Gasteiger partial charge in [0.2, 0.25) is 0 Å². The van der Waals surface area contributed by atoms with Gasteiger partial charge < -0.3 is 15.4 Å². The number of nitrogens with one attached hydrogen (secondary N) is 2. The molecule has 0 saturated carbocycles. The molecule has 0 saturated heterocycles. The van der Waals surface area contributed by atoms with Gasteiger partial charge in [-0.15, -0.1) is 0 Å². The minimum absolute atomic E-state index is 0.0986. The van der Waals surface area contributed by atoms with Crippen LogP contribution in [0.4, 0.5) is 5.69 Å². The Morgan fingerprint density at radius 2 is 1.81 bits per heavy atom. The quantitative estimate of drug-likeness (QED) is 0.615. The molecular formula is C21H25BrN2O3. The van der Waals surface area contributed by atoms with Gasteiger partial charge in [0.15, 0.2) is 0 Å². The lowest BCUT2D eigenvalue weighted by molar-refractivity contribution is 0.0938. The Balaban J connectivity index is 2.08. The van der Waals surface area contributed by atoms with Crippen molar-refractivity contribution in [2.24, 2.45) is 0 Å². The van der Waals surface area contributed by atoms with Gasteiger partial charge in [-0.3, -0.25) is 9.59 Å². The molecule has 0 radical (unpaired) electrons. The number of benzene rings is 2. The number of hydrogen-bond donors (Lipinski definition) is 2. The zero-order valence-electron chi connectivity index (χ0n) is 15.8. The summed E-state index contributed by atoms with van der Waals surface area (Å²) in [6, 6.07) is 12.2. The molecule has 0 aromatic heterocycles. The van der Waals surface area contributed by atoms with Crippen LogP contribution in [0.1, 0.15) is 54.3 Å². The van der Waals surface area contributed by atoms with E-state index in [0.717, 1.165) is 17.3 Å². The molecule has 0 spiro atoms. The second-order valence-corrected chi connectivity index (χ2v) is 7.17. The van der Waals surface area contributed by atoms with E-state index in [4.69, 9.17) is 4.74 Å². The van der Waals surface area contributed by atoms with E-state index in [-0.39, 0.29) is 17.9 Å². The van der Waals surface area contributed by atoms with Crippen LogP contribution < -0.4 is 15.4 Å². The Kier molecular flexibility index (Phi) is 7.85. The Labute approximate surface area is 168 Å². The maximum atomic E-state index is 12.5. The molecule has 2 amide bonds. The van der Waals surface area contributed by atoms with Crippen LogP contribution in [-0.2, 0) is 0 Å². The molecule has 0 bridgehead atoms. The summed E-state index contributed by atoms with van der Waals surface area (Å²) in [5.74, 6) is 0.301. The van der Waals surface area contributed by atoms with Gasteiger partial charge in [-0.25, -0.2) is 0 Å². The van der Waals surface area contributed by atoms with Crippen molar-refractivity contribution in [2.45, 2.75) is 39.7 Å². The summed E-state index contributed by atoms with van der Waals surface area (Å²) >= 11 is 3.43. The minimum atomic E-state index is -0.253. The van der Waals surface area contributed by atoms with Gasteiger partial charge in [-0.1, -0.05) is 19.9 Å². The molecule has 0 aliphatic rings. The monoisotopic (exact) mass is 432 g/mol. The van der Waals surface area contributed by atoms with E-state index in [1.54, 1.807) is 42.5 Å². The van der Waals surface area contributed by atoms with Crippen LogP contribution in [0.2, 0.25) is 0 Å². The highest BCUT2D eigenvalue weighted by atomic mass is 79.9. The largest absolute Gasteiger partial charge is 0.492 e. The third-order valence-electron chi connectivity index (χ3n) is 4.03. The second kappa shape index (κ2) is 10.1. The van der Waals surface area contributed by atoms with Crippen molar-refractivity contribution in [1.82, 2.24) is 5.32 Å². The van der Waals surface area contributed by atoms with Crippen LogP contribution in [0, 0.1) is 0 Å². The van der Waals surface area contributed by atoms with Gasteiger partial charge in [-0.05, 0) is 72.1 Å². The molecule has 1 unspecified atom stereocenters. The Bertz CT molecular complexity index is 808. The van der Waals surface area contributed by atoms with Crippen molar-refractivity contribution in [3.05, 3.63) is 58.1 Å². The van der Waals surface area contributed by atoms with Gasteiger partial charge in [-0.2, -0.15) is 0 Å². The molecule has 6 heteroatoms. The van der Waals surface area contributed by atoms with Crippen molar-refractivity contribution >= 4 is 33.4 Å². The van der Waals surface area contributed by atoms with Gasteiger partial charge in [0.1, 0.15) is 5.75 Å². The zero-order chi connectivity index (χ0) is 19.8.